The summed E-state index contributed by atoms with van der Waals surface area (Å²) in [5.74, 6) is -1.26. The number of carbonyl (C=O) groups is 3. The summed E-state index contributed by atoms with van der Waals surface area (Å²) in [7, 11) is 0. The summed E-state index contributed by atoms with van der Waals surface area (Å²) in [4.78, 5) is 37.9. The molecule has 0 aliphatic carbocycles. The minimum atomic E-state index is -0.475. The van der Waals surface area contributed by atoms with Crippen LogP contribution in [0.25, 0.3) is 17.0 Å². The van der Waals surface area contributed by atoms with Crippen molar-refractivity contribution in [2.45, 2.75) is 13.1 Å². The van der Waals surface area contributed by atoms with Crippen LogP contribution in [0, 0.1) is 5.82 Å². The normalized spacial score (nSPS) is 15.6. The first-order chi connectivity index (χ1) is 13.9. The van der Waals surface area contributed by atoms with Crippen molar-refractivity contribution in [2.24, 2.45) is 5.73 Å². The highest BCUT2D eigenvalue weighted by Gasteiger charge is 2.35. The number of amides is 3. The second-order valence-corrected chi connectivity index (χ2v) is 7.58. The van der Waals surface area contributed by atoms with Gasteiger partial charge in [0.15, 0.2) is 0 Å². The van der Waals surface area contributed by atoms with Gasteiger partial charge in [-0.3, -0.25) is 19.3 Å². The quantitative estimate of drug-likeness (QED) is 0.654. The Morgan fingerprint density at radius 3 is 2.55 bits per heavy atom. The average Bonchev–Trinajstić information content (AvgIpc) is 3.16. The van der Waals surface area contributed by atoms with Gasteiger partial charge in [0.2, 0.25) is 5.91 Å². The Morgan fingerprint density at radius 2 is 1.83 bits per heavy atom. The van der Waals surface area contributed by atoms with E-state index in [9.17, 15) is 18.8 Å². The minimum Gasteiger partial charge on any atom is -0.368 e. The van der Waals surface area contributed by atoms with Crippen LogP contribution in [0.4, 0.5) is 9.18 Å². The van der Waals surface area contributed by atoms with Gasteiger partial charge < -0.3 is 10.3 Å². The highest BCUT2D eigenvalue weighted by molar-refractivity contribution is 8.18. The topological polar surface area (TPSA) is 85.4 Å². The number of fused-ring (bicyclic) bond motifs is 1. The zero-order valence-electron chi connectivity index (χ0n) is 15.2. The van der Waals surface area contributed by atoms with E-state index in [-0.39, 0.29) is 24.1 Å². The van der Waals surface area contributed by atoms with Gasteiger partial charge in [-0.15, -0.1) is 0 Å². The van der Waals surface area contributed by atoms with Crippen molar-refractivity contribution < 1.29 is 18.8 Å². The van der Waals surface area contributed by atoms with Crippen molar-refractivity contribution in [1.82, 2.24) is 9.47 Å². The number of thioether (sulfide) groups is 1. The second-order valence-electron chi connectivity index (χ2n) is 6.59. The number of nitrogens with zero attached hydrogens (tertiary/aromatic N) is 2. The molecule has 0 spiro atoms. The SMILES string of the molecule is NC(=O)Cn1cc(/C=C2\SC(=O)N(Cc3ccc(F)cc3)C2=O)c2ccccc21. The fourth-order valence-corrected chi connectivity index (χ4v) is 4.07. The average molecular weight is 409 g/mol. The standard InChI is InChI=1S/C21H16FN3O3S/c22-15-7-5-13(6-8-15)10-25-20(27)18(29-21(25)28)9-14-11-24(12-19(23)26)17-4-2-1-3-16(14)17/h1-9,11H,10,12H2,(H2,23,26)/b18-9-. The van der Waals surface area contributed by atoms with Gasteiger partial charge in [0.05, 0.1) is 11.4 Å². The van der Waals surface area contributed by atoms with E-state index in [4.69, 9.17) is 5.73 Å². The molecule has 3 amide bonds. The molecule has 29 heavy (non-hydrogen) atoms. The first kappa shape index (κ1) is 18.9. The maximum atomic E-state index is 13.1. The molecular formula is C21H16FN3O3S. The molecule has 0 saturated carbocycles. The van der Waals surface area contributed by atoms with Crippen LogP contribution < -0.4 is 5.73 Å². The van der Waals surface area contributed by atoms with Crippen molar-refractivity contribution in [3.8, 4) is 0 Å². The Balaban J connectivity index is 1.65. The van der Waals surface area contributed by atoms with Gasteiger partial charge in [-0.25, -0.2) is 4.39 Å². The summed E-state index contributed by atoms with van der Waals surface area (Å²) in [6.07, 6.45) is 3.39. The number of carbonyl (C=O) groups excluding carboxylic acids is 3. The van der Waals surface area contributed by atoms with Crippen molar-refractivity contribution in [1.29, 1.82) is 0 Å². The third kappa shape index (κ3) is 3.79. The Morgan fingerprint density at radius 1 is 1.10 bits per heavy atom. The zero-order chi connectivity index (χ0) is 20.5. The van der Waals surface area contributed by atoms with E-state index in [2.05, 4.69) is 0 Å². The van der Waals surface area contributed by atoms with Crippen molar-refractivity contribution >= 4 is 45.8 Å². The molecule has 0 radical (unpaired) electrons. The lowest BCUT2D eigenvalue weighted by Crippen LogP contribution is -2.27. The Labute approximate surface area is 169 Å². The highest BCUT2D eigenvalue weighted by Crippen LogP contribution is 2.35. The van der Waals surface area contributed by atoms with Crippen LogP contribution in [-0.4, -0.2) is 26.5 Å². The number of primary amides is 1. The molecule has 6 nitrogen and oxygen atoms in total. The van der Waals surface area contributed by atoms with E-state index in [1.807, 2.05) is 24.3 Å². The van der Waals surface area contributed by atoms with E-state index in [1.165, 1.54) is 12.1 Å². The highest BCUT2D eigenvalue weighted by atomic mass is 32.2. The fourth-order valence-electron chi connectivity index (χ4n) is 3.24. The number of benzene rings is 2. The van der Waals surface area contributed by atoms with Crippen LogP contribution >= 0.6 is 11.8 Å². The van der Waals surface area contributed by atoms with E-state index in [1.54, 1.807) is 29.0 Å². The maximum absolute atomic E-state index is 13.1. The molecule has 146 valence electrons. The molecular weight excluding hydrogens is 393 g/mol. The molecule has 2 heterocycles. The smallest absolute Gasteiger partial charge is 0.293 e. The molecule has 1 fully saturated rings. The van der Waals surface area contributed by atoms with Crippen LogP contribution in [0.3, 0.4) is 0 Å². The maximum Gasteiger partial charge on any atom is 0.293 e. The van der Waals surface area contributed by atoms with Crippen molar-refractivity contribution in [3.05, 3.63) is 76.6 Å². The third-order valence-electron chi connectivity index (χ3n) is 4.56. The number of para-hydroxylation sites is 1. The van der Waals surface area contributed by atoms with Gasteiger partial charge in [0.25, 0.3) is 11.1 Å². The van der Waals surface area contributed by atoms with Crippen LogP contribution in [0.15, 0.2) is 59.6 Å². The van der Waals surface area contributed by atoms with Crippen LogP contribution in [-0.2, 0) is 22.7 Å². The summed E-state index contributed by atoms with van der Waals surface area (Å²) >= 11 is 0.854. The lowest BCUT2D eigenvalue weighted by atomic mass is 10.1. The monoisotopic (exact) mass is 409 g/mol. The van der Waals surface area contributed by atoms with Gasteiger partial charge in [0, 0.05) is 22.7 Å². The predicted molar refractivity (Wildman–Crippen MR) is 109 cm³/mol. The first-order valence-electron chi connectivity index (χ1n) is 8.78. The molecule has 3 aromatic rings. The van der Waals surface area contributed by atoms with E-state index in [0.29, 0.717) is 16.0 Å². The lowest BCUT2D eigenvalue weighted by molar-refractivity contribution is -0.123. The predicted octanol–water partition coefficient (Wildman–Crippen LogP) is 3.50. The van der Waals surface area contributed by atoms with E-state index < -0.39 is 11.8 Å². The molecule has 2 N–H and O–H groups in total. The van der Waals surface area contributed by atoms with Gasteiger partial charge in [0.1, 0.15) is 12.4 Å². The molecule has 0 unspecified atom stereocenters. The zero-order valence-corrected chi connectivity index (χ0v) is 16.0. The molecule has 1 aliphatic rings. The largest absolute Gasteiger partial charge is 0.368 e. The molecule has 1 aliphatic heterocycles. The lowest BCUT2D eigenvalue weighted by Gasteiger charge is -2.12. The summed E-state index contributed by atoms with van der Waals surface area (Å²) in [6, 6.07) is 13.1. The first-order valence-corrected chi connectivity index (χ1v) is 9.60. The summed E-state index contributed by atoms with van der Waals surface area (Å²) in [5, 5.41) is 0.463. The summed E-state index contributed by atoms with van der Waals surface area (Å²) < 4.78 is 14.8. The molecule has 1 saturated heterocycles. The van der Waals surface area contributed by atoms with Crippen LogP contribution in [0.2, 0.25) is 0 Å². The van der Waals surface area contributed by atoms with Crippen molar-refractivity contribution in [3.63, 3.8) is 0 Å². The van der Waals surface area contributed by atoms with Crippen LogP contribution in [0.1, 0.15) is 11.1 Å². The summed E-state index contributed by atoms with van der Waals surface area (Å²) in [5.41, 5.74) is 7.51. The molecule has 0 bridgehead atoms. The molecule has 2 aromatic carbocycles. The molecule has 1 aromatic heterocycles. The number of halogens is 1. The molecule has 8 heteroatoms. The number of hydrogen-bond donors (Lipinski definition) is 1. The Kier molecular flexibility index (Phi) is 4.94. The Bertz CT molecular complexity index is 1170. The number of nitrogens with two attached hydrogens (primary N) is 1. The number of hydrogen-bond acceptors (Lipinski definition) is 4. The Hall–Kier alpha value is -3.39. The number of aromatic nitrogens is 1. The molecule has 4 rings (SSSR count). The van der Waals surface area contributed by atoms with E-state index >= 15 is 0 Å². The van der Waals surface area contributed by atoms with Gasteiger partial charge >= 0.3 is 0 Å². The van der Waals surface area contributed by atoms with Gasteiger partial charge in [-0.05, 0) is 41.6 Å². The van der Waals surface area contributed by atoms with Crippen LogP contribution in [0.5, 0.6) is 0 Å². The van der Waals surface area contributed by atoms with Gasteiger partial charge in [-0.1, -0.05) is 30.3 Å². The van der Waals surface area contributed by atoms with Crippen molar-refractivity contribution in [2.75, 3.05) is 0 Å². The third-order valence-corrected chi connectivity index (χ3v) is 5.47. The van der Waals surface area contributed by atoms with Gasteiger partial charge in [-0.2, -0.15) is 0 Å². The summed E-state index contributed by atoms with van der Waals surface area (Å²) in [6.45, 7) is 0.0894. The van der Waals surface area contributed by atoms with E-state index in [0.717, 1.165) is 27.6 Å². The molecule has 0 atom stereocenters. The fraction of sp³-hybridized carbons (Fsp3) is 0.0952. The minimum absolute atomic E-state index is 0.0143. The number of rotatable bonds is 5. The second kappa shape index (κ2) is 7.56. The number of imide groups is 1.